The summed E-state index contributed by atoms with van der Waals surface area (Å²) in [6.45, 7) is 21.0. The molecule has 0 atom stereocenters. The van der Waals surface area contributed by atoms with E-state index in [9.17, 15) is 0 Å². The number of nitrogens with zero attached hydrogens (tertiary/aromatic N) is 6. The zero-order chi connectivity index (χ0) is 12.0. The number of nitriles is 6. The minimum absolute atomic E-state index is 0. The molecule has 0 aromatic carbocycles. The molecule has 0 saturated heterocycles. The van der Waals surface area contributed by atoms with E-state index in [1.807, 2.05) is 0 Å². The molecule has 0 aliphatic rings. The van der Waals surface area contributed by atoms with E-state index in [1.165, 1.54) is 0 Å². The minimum atomic E-state index is 0. The van der Waals surface area contributed by atoms with Crippen molar-refractivity contribution in [3.05, 3.63) is 0 Å². The van der Waals surface area contributed by atoms with Gasteiger partial charge in [0.2, 0.25) is 0 Å². The molecule has 0 radical (unpaired) electrons. The monoisotopic (exact) mass is 410 g/mol. The van der Waals surface area contributed by atoms with Crippen LogP contribution in [-0.2, 0) is 33.6 Å². The van der Waals surface area contributed by atoms with Crippen LogP contribution in [0, 0.1) is 71.0 Å². The average Bonchev–Trinajstić information content (AvgIpc) is 2.33. The maximum Gasteiger partial charge on any atom is 0 e. The molecule has 0 amide bonds. The van der Waals surface area contributed by atoms with Crippen molar-refractivity contribution in [2.24, 2.45) is 0 Å². The zero-order valence-corrected chi connectivity index (χ0v) is 8.91. The summed E-state index contributed by atoms with van der Waals surface area (Å²) in [6, 6.07) is 0. The molecule has 0 aromatic heterocycles. The van der Waals surface area contributed by atoms with Crippen LogP contribution < -0.4 is 0 Å². The van der Waals surface area contributed by atoms with Crippen LogP contribution >= 0.6 is 0 Å². The third-order valence-corrected chi connectivity index (χ3v) is 0. The van der Waals surface area contributed by atoms with Gasteiger partial charge in [-0.05, 0) is 0 Å². The van der Waals surface area contributed by atoms with E-state index in [-0.39, 0.29) is 102 Å². The predicted molar refractivity (Wildman–Crippen MR) is 47.2 cm³/mol. The Morgan fingerprint density at radius 2 is 0.400 bits per heavy atom. The maximum atomic E-state index is 6.50. The third-order valence-electron chi connectivity index (χ3n) is 0. The molecule has 0 aromatic rings. The molecule has 0 aliphatic carbocycles. The van der Waals surface area contributed by atoms with E-state index in [0.29, 0.717) is 0 Å². The number of hydrogen-bond acceptors (Lipinski definition) is 6. The average molecular weight is 411 g/mol. The summed E-state index contributed by atoms with van der Waals surface area (Å²) in [7, 11) is 0. The summed E-state index contributed by atoms with van der Waals surface area (Å²) in [5.74, 6) is 0. The molecule has 9 heteroatoms. The van der Waals surface area contributed by atoms with Crippen molar-refractivity contribution >= 4 is 68.9 Å². The molecule has 0 N–H and O–H groups in total. The molecular formula is C6H7CsFeN6Ni. The Bertz CT molecular complexity index is 103. The van der Waals surface area contributed by atoms with Gasteiger partial charge in [0.1, 0.15) is 0 Å². The van der Waals surface area contributed by atoms with Crippen molar-refractivity contribution in [2.45, 2.75) is 0 Å². The minimum Gasteiger partial charge on any atom is 0 e. The quantitative estimate of drug-likeness (QED) is 0.521. The molecule has 0 bridgehead atoms. The first kappa shape index (κ1) is 81.6. The van der Waals surface area contributed by atoms with E-state index in [0.717, 1.165) is 0 Å². The molecular weight excluding hydrogens is 404 g/mol. The van der Waals surface area contributed by atoms with Crippen LogP contribution in [0.15, 0.2) is 0 Å². The molecule has 6 nitrogen and oxygen atoms in total. The van der Waals surface area contributed by atoms with E-state index >= 15 is 0 Å². The molecule has 80 valence electrons. The topological polar surface area (TPSA) is 143 Å². The van der Waals surface area contributed by atoms with Crippen LogP contribution in [0.25, 0.3) is 0 Å². The van der Waals surface area contributed by atoms with Crippen LogP contribution in [-0.4, -0.2) is 68.9 Å². The second kappa shape index (κ2) is 97300000. The van der Waals surface area contributed by atoms with Gasteiger partial charge in [0, 0.05) is 73.0 Å². The SMILES string of the molecule is C#N.C#N.C#N.C#N.C#N.C#N.[CsH].[Fe].[Ni]. The Kier molecular flexibility index (Phi) is 529000000. The Hall–Kier alpha value is 0.00494. The maximum absolute atomic E-state index is 6.50. The van der Waals surface area contributed by atoms with Crippen LogP contribution in [0.5, 0.6) is 0 Å². The van der Waals surface area contributed by atoms with Gasteiger partial charge >= 0.3 is 68.9 Å². The van der Waals surface area contributed by atoms with E-state index in [2.05, 4.69) is 39.4 Å². The molecule has 0 saturated carbocycles. The predicted octanol–water partition coefficient (Wildman–Crippen LogP) is 0.185. The van der Waals surface area contributed by atoms with Crippen molar-refractivity contribution < 1.29 is 33.6 Å². The summed E-state index contributed by atoms with van der Waals surface area (Å²) in [6.07, 6.45) is 0. The summed E-state index contributed by atoms with van der Waals surface area (Å²) < 4.78 is 0. The largest absolute Gasteiger partial charge is 0 e. The number of hydrogen-bond donors (Lipinski definition) is 0. The molecule has 0 aliphatic heterocycles. The summed E-state index contributed by atoms with van der Waals surface area (Å²) in [5.41, 5.74) is 0. The van der Waals surface area contributed by atoms with Crippen LogP contribution in [0.2, 0.25) is 0 Å². The van der Waals surface area contributed by atoms with E-state index in [1.54, 1.807) is 0 Å². The van der Waals surface area contributed by atoms with Crippen molar-refractivity contribution in [1.82, 2.24) is 0 Å². The van der Waals surface area contributed by atoms with Gasteiger partial charge in [0.15, 0.2) is 0 Å². The fraction of sp³-hybridized carbons (Fsp3) is 0. The standard InChI is InChI=1S/6CHN.Cs.Fe.Ni.H/c6*1-2;;;;/h6*1H;;;;. The molecule has 0 unspecified atom stereocenters. The second-order valence-electron chi connectivity index (χ2n) is 0. The van der Waals surface area contributed by atoms with Gasteiger partial charge in [0.05, 0.1) is 0 Å². The van der Waals surface area contributed by atoms with Gasteiger partial charge in [-0.2, -0.15) is 0 Å². The van der Waals surface area contributed by atoms with Crippen molar-refractivity contribution in [3.63, 3.8) is 0 Å². The molecule has 0 heterocycles. The van der Waals surface area contributed by atoms with E-state index in [4.69, 9.17) is 31.6 Å². The summed E-state index contributed by atoms with van der Waals surface area (Å²) in [5, 5.41) is 39.0. The van der Waals surface area contributed by atoms with Crippen LogP contribution in [0.3, 0.4) is 0 Å². The fourth-order valence-electron chi connectivity index (χ4n) is 0. The molecule has 0 fully saturated rings. The fourth-order valence-corrected chi connectivity index (χ4v) is 0. The Morgan fingerprint density at radius 1 is 0.400 bits per heavy atom. The Labute approximate surface area is 170 Å². The molecule has 0 spiro atoms. The molecule has 0 rings (SSSR count). The first-order valence-electron chi connectivity index (χ1n) is 1.55. The van der Waals surface area contributed by atoms with Crippen LogP contribution in [0.1, 0.15) is 0 Å². The van der Waals surface area contributed by atoms with Gasteiger partial charge in [-0.1, -0.05) is 0 Å². The van der Waals surface area contributed by atoms with Gasteiger partial charge < -0.3 is 0 Å². The van der Waals surface area contributed by atoms with Gasteiger partial charge in [-0.3, -0.25) is 0 Å². The molecule has 15 heavy (non-hydrogen) atoms. The third kappa shape index (κ3) is 82900000. The summed E-state index contributed by atoms with van der Waals surface area (Å²) in [4.78, 5) is 0. The van der Waals surface area contributed by atoms with Gasteiger partial charge in [0.25, 0.3) is 0 Å². The Morgan fingerprint density at radius 3 is 0.400 bits per heavy atom. The van der Waals surface area contributed by atoms with Crippen molar-refractivity contribution in [2.75, 3.05) is 0 Å². The van der Waals surface area contributed by atoms with Crippen molar-refractivity contribution in [3.8, 4) is 39.4 Å². The summed E-state index contributed by atoms with van der Waals surface area (Å²) >= 11 is 0. The normalized spacial score (nSPS) is 0.800. The van der Waals surface area contributed by atoms with Crippen molar-refractivity contribution in [1.29, 1.82) is 31.6 Å². The smallest absolute Gasteiger partial charge is 0 e. The van der Waals surface area contributed by atoms with E-state index < -0.39 is 0 Å². The number of rotatable bonds is 0. The van der Waals surface area contributed by atoms with Crippen LogP contribution in [0.4, 0.5) is 0 Å². The van der Waals surface area contributed by atoms with Gasteiger partial charge in [-0.25, -0.2) is 31.6 Å². The second-order valence-corrected chi connectivity index (χ2v) is 0. The first-order chi connectivity index (χ1) is 6.00. The first-order valence-corrected chi connectivity index (χ1v) is 1.55. The Balaban J connectivity index is -0.00000000396. The van der Waals surface area contributed by atoms with Gasteiger partial charge in [-0.15, -0.1) is 0 Å². The zero-order valence-electron chi connectivity index (χ0n) is 6.82.